The molecule has 0 atom stereocenters. The molecule has 0 spiro atoms. The molecule has 128 valence electrons. The second-order valence-electron chi connectivity index (χ2n) is 5.64. The fraction of sp³-hybridized carbons (Fsp3) is 0.278. The van der Waals surface area contributed by atoms with Gasteiger partial charge in [0.1, 0.15) is 5.82 Å². The van der Waals surface area contributed by atoms with Gasteiger partial charge in [-0.1, -0.05) is 18.2 Å². The molecule has 0 saturated carbocycles. The maximum atomic E-state index is 12.8. The van der Waals surface area contributed by atoms with Gasteiger partial charge in [-0.15, -0.1) is 0 Å². The minimum Gasteiger partial charge on any atom is -0.352 e. The number of carbonyl (C=O) groups is 1. The van der Waals surface area contributed by atoms with E-state index in [9.17, 15) is 17.6 Å². The van der Waals surface area contributed by atoms with Crippen LogP contribution in [0.5, 0.6) is 0 Å². The molecule has 4 nitrogen and oxygen atoms in total. The van der Waals surface area contributed by atoms with Crippen molar-refractivity contribution in [2.24, 2.45) is 0 Å². The zero-order chi connectivity index (χ0) is 17.6. The van der Waals surface area contributed by atoms with Crippen LogP contribution in [0.3, 0.4) is 0 Å². The zero-order valence-electron chi connectivity index (χ0n) is 13.5. The van der Waals surface area contributed by atoms with Gasteiger partial charge in [0.2, 0.25) is 0 Å². The standard InChI is InChI=1S/C18H20FNO3S/c1-24(22,23)17-7-4-6-15(13-17)18(21)20-12-3-2-5-14-8-10-16(19)11-9-14/h4,6-11,13H,2-3,5,12H2,1H3,(H,20,21). The van der Waals surface area contributed by atoms with Crippen LogP contribution < -0.4 is 5.32 Å². The Balaban J connectivity index is 1.78. The summed E-state index contributed by atoms with van der Waals surface area (Å²) in [7, 11) is -3.33. The molecule has 0 radical (unpaired) electrons. The van der Waals surface area contributed by atoms with E-state index in [0.29, 0.717) is 12.1 Å². The Kier molecular flexibility index (Phi) is 6.09. The molecule has 0 aliphatic carbocycles. The summed E-state index contributed by atoms with van der Waals surface area (Å²) in [5.74, 6) is -0.537. The molecule has 6 heteroatoms. The molecule has 0 aromatic heterocycles. The number of sulfone groups is 1. The van der Waals surface area contributed by atoms with Crippen molar-refractivity contribution in [3.05, 3.63) is 65.5 Å². The van der Waals surface area contributed by atoms with E-state index < -0.39 is 9.84 Å². The third kappa shape index (κ3) is 5.45. The highest BCUT2D eigenvalue weighted by atomic mass is 32.2. The largest absolute Gasteiger partial charge is 0.352 e. The molecule has 0 heterocycles. The Labute approximate surface area is 141 Å². The van der Waals surface area contributed by atoms with Crippen LogP contribution in [0.4, 0.5) is 4.39 Å². The maximum absolute atomic E-state index is 12.8. The average molecular weight is 349 g/mol. The number of benzene rings is 2. The Bertz CT molecular complexity index is 801. The number of nitrogens with one attached hydrogen (secondary N) is 1. The Hall–Kier alpha value is -2.21. The van der Waals surface area contributed by atoms with Crippen LogP contribution in [0.25, 0.3) is 0 Å². The highest BCUT2D eigenvalue weighted by Crippen LogP contribution is 2.11. The average Bonchev–Trinajstić information content (AvgIpc) is 2.55. The lowest BCUT2D eigenvalue weighted by molar-refractivity contribution is 0.0953. The van der Waals surface area contributed by atoms with Crippen molar-refractivity contribution < 1.29 is 17.6 Å². The summed E-state index contributed by atoms with van der Waals surface area (Å²) in [6.07, 6.45) is 3.59. The van der Waals surface area contributed by atoms with Gasteiger partial charge in [0, 0.05) is 18.4 Å². The number of halogens is 1. The van der Waals surface area contributed by atoms with E-state index >= 15 is 0 Å². The van der Waals surface area contributed by atoms with Crippen LogP contribution in [-0.4, -0.2) is 27.1 Å². The van der Waals surface area contributed by atoms with E-state index in [1.54, 1.807) is 24.3 Å². The lowest BCUT2D eigenvalue weighted by Gasteiger charge is -2.07. The fourth-order valence-electron chi connectivity index (χ4n) is 2.28. The minimum atomic E-state index is -3.33. The predicted octanol–water partition coefficient (Wildman–Crippen LogP) is 2.98. The van der Waals surface area contributed by atoms with Gasteiger partial charge in [0.15, 0.2) is 9.84 Å². The Morgan fingerprint density at radius 3 is 2.46 bits per heavy atom. The van der Waals surface area contributed by atoms with Crippen molar-refractivity contribution in [1.29, 1.82) is 0 Å². The van der Waals surface area contributed by atoms with Crippen LogP contribution in [-0.2, 0) is 16.3 Å². The van der Waals surface area contributed by atoms with Gasteiger partial charge in [-0.25, -0.2) is 12.8 Å². The summed E-state index contributed by atoms with van der Waals surface area (Å²) in [4.78, 5) is 12.2. The molecule has 0 fully saturated rings. The molecule has 0 aliphatic rings. The van der Waals surface area contributed by atoms with Gasteiger partial charge in [0.25, 0.3) is 5.91 Å². The number of amides is 1. The first-order valence-electron chi connectivity index (χ1n) is 7.69. The Morgan fingerprint density at radius 1 is 1.08 bits per heavy atom. The second kappa shape index (κ2) is 8.06. The number of rotatable bonds is 7. The lowest BCUT2D eigenvalue weighted by Crippen LogP contribution is -2.24. The monoisotopic (exact) mass is 349 g/mol. The zero-order valence-corrected chi connectivity index (χ0v) is 14.3. The van der Waals surface area contributed by atoms with Crippen molar-refractivity contribution in [2.75, 3.05) is 12.8 Å². The van der Waals surface area contributed by atoms with E-state index in [0.717, 1.165) is 31.1 Å². The highest BCUT2D eigenvalue weighted by Gasteiger charge is 2.11. The van der Waals surface area contributed by atoms with E-state index in [4.69, 9.17) is 0 Å². The second-order valence-corrected chi connectivity index (χ2v) is 7.66. The smallest absolute Gasteiger partial charge is 0.251 e. The summed E-state index contributed by atoms with van der Waals surface area (Å²) >= 11 is 0. The molecule has 1 amide bonds. The van der Waals surface area contributed by atoms with Crippen molar-refractivity contribution in [3.63, 3.8) is 0 Å². The molecule has 1 N–H and O–H groups in total. The van der Waals surface area contributed by atoms with Gasteiger partial charge in [-0.3, -0.25) is 4.79 Å². The van der Waals surface area contributed by atoms with Crippen molar-refractivity contribution in [1.82, 2.24) is 5.32 Å². The van der Waals surface area contributed by atoms with Crippen LogP contribution in [0.15, 0.2) is 53.4 Å². The van der Waals surface area contributed by atoms with Crippen LogP contribution in [0.2, 0.25) is 0 Å². The number of hydrogen-bond donors (Lipinski definition) is 1. The lowest BCUT2D eigenvalue weighted by atomic mass is 10.1. The van der Waals surface area contributed by atoms with Crippen molar-refractivity contribution in [3.8, 4) is 0 Å². The summed E-state index contributed by atoms with van der Waals surface area (Å²) in [6.45, 7) is 0.503. The first kappa shape index (κ1) is 18.1. The van der Waals surface area contributed by atoms with Crippen molar-refractivity contribution >= 4 is 15.7 Å². The first-order chi connectivity index (χ1) is 11.4. The quantitative estimate of drug-likeness (QED) is 0.782. The van der Waals surface area contributed by atoms with E-state index in [2.05, 4.69) is 5.32 Å². The molecular formula is C18H20FNO3S. The minimum absolute atomic E-state index is 0.131. The Morgan fingerprint density at radius 2 is 1.79 bits per heavy atom. The topological polar surface area (TPSA) is 63.2 Å². The molecule has 0 saturated heterocycles. The normalized spacial score (nSPS) is 11.2. The molecular weight excluding hydrogens is 329 g/mol. The van der Waals surface area contributed by atoms with E-state index in [-0.39, 0.29) is 16.6 Å². The SMILES string of the molecule is CS(=O)(=O)c1cccc(C(=O)NCCCCc2ccc(F)cc2)c1. The van der Waals surface area contributed by atoms with Gasteiger partial charge in [0.05, 0.1) is 4.90 Å². The summed E-state index contributed by atoms with van der Waals surface area (Å²) < 4.78 is 35.8. The number of aryl methyl sites for hydroxylation is 1. The first-order valence-corrected chi connectivity index (χ1v) is 9.58. The van der Waals surface area contributed by atoms with Gasteiger partial charge in [-0.05, 0) is 55.2 Å². The number of hydrogen-bond acceptors (Lipinski definition) is 3. The molecule has 0 aliphatic heterocycles. The van der Waals surface area contributed by atoms with Crippen LogP contribution in [0.1, 0.15) is 28.8 Å². The van der Waals surface area contributed by atoms with Crippen LogP contribution in [0, 0.1) is 5.82 Å². The van der Waals surface area contributed by atoms with E-state index in [1.165, 1.54) is 24.3 Å². The van der Waals surface area contributed by atoms with Gasteiger partial charge < -0.3 is 5.32 Å². The predicted molar refractivity (Wildman–Crippen MR) is 91.2 cm³/mol. The third-order valence-electron chi connectivity index (χ3n) is 3.62. The van der Waals surface area contributed by atoms with E-state index in [1.807, 2.05) is 0 Å². The molecule has 24 heavy (non-hydrogen) atoms. The number of carbonyl (C=O) groups excluding carboxylic acids is 1. The van der Waals surface area contributed by atoms with Crippen molar-refractivity contribution in [2.45, 2.75) is 24.2 Å². The third-order valence-corrected chi connectivity index (χ3v) is 4.73. The molecule has 2 aromatic rings. The molecule has 0 bridgehead atoms. The number of unbranched alkanes of at least 4 members (excludes halogenated alkanes) is 1. The fourth-order valence-corrected chi connectivity index (χ4v) is 2.94. The summed E-state index contributed by atoms with van der Waals surface area (Å²) in [5.41, 5.74) is 1.39. The van der Waals surface area contributed by atoms with Gasteiger partial charge in [-0.2, -0.15) is 0 Å². The summed E-state index contributed by atoms with van der Waals surface area (Å²) in [5, 5.41) is 2.78. The van der Waals surface area contributed by atoms with Gasteiger partial charge >= 0.3 is 0 Å². The maximum Gasteiger partial charge on any atom is 0.251 e. The summed E-state index contributed by atoms with van der Waals surface area (Å²) in [6, 6.07) is 12.4. The molecule has 2 rings (SSSR count). The molecule has 2 aromatic carbocycles. The molecule has 0 unspecified atom stereocenters. The highest BCUT2D eigenvalue weighted by molar-refractivity contribution is 7.90. The van der Waals surface area contributed by atoms with Crippen LogP contribution >= 0.6 is 0 Å².